The highest BCUT2D eigenvalue weighted by atomic mass is 35.5. The molecule has 4 amide bonds. The van der Waals surface area contributed by atoms with Gasteiger partial charge in [0.2, 0.25) is 11.8 Å². The second-order valence-corrected chi connectivity index (χ2v) is 17.1. The molecule has 2 aliphatic heterocycles. The Morgan fingerprint density at radius 3 is 2.22 bits per heavy atom. The maximum absolute atomic E-state index is 14.1. The van der Waals surface area contributed by atoms with E-state index in [9.17, 15) is 19.2 Å². The quantitative estimate of drug-likeness (QED) is 0.110. The van der Waals surface area contributed by atoms with Gasteiger partial charge >= 0.3 is 12.2 Å². The number of imidazole rings is 2. The van der Waals surface area contributed by atoms with Crippen LogP contribution >= 0.6 is 11.6 Å². The van der Waals surface area contributed by atoms with Gasteiger partial charge in [-0.05, 0) is 84.6 Å². The number of ether oxygens (including phenoxy) is 2. The summed E-state index contributed by atoms with van der Waals surface area (Å²) in [5.41, 5.74) is 5.23. The van der Waals surface area contributed by atoms with E-state index in [1.165, 1.54) is 14.2 Å². The summed E-state index contributed by atoms with van der Waals surface area (Å²) in [5.74, 6) is 1.22. The summed E-state index contributed by atoms with van der Waals surface area (Å²) < 4.78 is 9.61. The topological polar surface area (TPSA) is 175 Å². The second kappa shape index (κ2) is 16.2. The Morgan fingerprint density at radius 2 is 1.53 bits per heavy atom. The number of carbonyl (C=O) groups excluding carboxylic acids is 4. The monoisotopic (exact) mass is 822 g/mol. The van der Waals surface area contributed by atoms with Crippen LogP contribution in [0.15, 0.2) is 54.7 Å². The zero-order chi connectivity index (χ0) is 41.7. The molecule has 4 N–H and O–H groups in total. The first kappa shape index (κ1) is 40.2. The molecule has 0 spiro atoms. The zero-order valence-electron chi connectivity index (χ0n) is 34.2. The van der Waals surface area contributed by atoms with E-state index >= 15 is 0 Å². The summed E-state index contributed by atoms with van der Waals surface area (Å²) in [6, 6.07) is 14.6. The molecule has 0 unspecified atom stereocenters. The van der Waals surface area contributed by atoms with Crippen molar-refractivity contribution < 1.29 is 28.7 Å². The van der Waals surface area contributed by atoms with Gasteiger partial charge < -0.3 is 39.9 Å². The van der Waals surface area contributed by atoms with Gasteiger partial charge in [0, 0.05) is 23.5 Å². The van der Waals surface area contributed by atoms with Crippen LogP contribution in [0.25, 0.3) is 44.2 Å². The van der Waals surface area contributed by atoms with E-state index in [0.717, 1.165) is 82.1 Å². The Morgan fingerprint density at radius 1 is 0.831 bits per heavy atom. The zero-order valence-corrected chi connectivity index (χ0v) is 34.9. The van der Waals surface area contributed by atoms with Gasteiger partial charge in [-0.3, -0.25) is 9.59 Å². The third-order valence-electron chi connectivity index (χ3n) is 12.4. The Labute approximate surface area is 347 Å². The highest BCUT2D eigenvalue weighted by Crippen LogP contribution is 2.50. The Hall–Kier alpha value is -5.63. The minimum Gasteiger partial charge on any atom is -0.453 e. The number of nitrogens with zero attached hydrogens (tertiary/aromatic N) is 4. The third kappa shape index (κ3) is 7.47. The second-order valence-electron chi connectivity index (χ2n) is 16.7. The van der Waals surface area contributed by atoms with E-state index < -0.39 is 24.3 Å². The van der Waals surface area contributed by atoms with Crippen molar-refractivity contribution >= 4 is 57.4 Å². The molecule has 2 aromatic heterocycles. The molecule has 1 aliphatic carbocycles. The molecular weight excluding hydrogens is 772 g/mol. The predicted octanol–water partition coefficient (Wildman–Crippen LogP) is 7.90. The summed E-state index contributed by atoms with van der Waals surface area (Å²) in [6.45, 7) is 8.20. The van der Waals surface area contributed by atoms with Crippen molar-refractivity contribution in [2.75, 3.05) is 20.8 Å². The summed E-state index contributed by atoms with van der Waals surface area (Å²) in [4.78, 5) is 72.4. The van der Waals surface area contributed by atoms with Crippen LogP contribution in [-0.2, 0) is 19.1 Å². The normalized spacial score (nSPS) is 21.1. The molecule has 6 atom stereocenters. The van der Waals surface area contributed by atoms with Crippen LogP contribution in [0.2, 0.25) is 5.02 Å². The van der Waals surface area contributed by atoms with Crippen LogP contribution in [0.1, 0.15) is 83.5 Å². The van der Waals surface area contributed by atoms with Crippen molar-refractivity contribution in [3.8, 4) is 22.4 Å². The SMILES string of the molecule is COC(=O)N[C@H](C(=O)N1CCC[C@H]1c1ncc(-c2ccc(-c3ccc4c(ccc5nc([C@@H]6[C@H]7CC[C@H](C7)N6C(=O)[C@@H](NC(=O)OC)C(C)C)[nH]c54)c3)cc2Cl)[nH]1)C(C)C. The highest BCUT2D eigenvalue weighted by molar-refractivity contribution is 6.33. The molecule has 15 heteroatoms. The Bertz CT molecular complexity index is 2430. The van der Waals surface area contributed by atoms with E-state index in [4.69, 9.17) is 26.1 Å². The van der Waals surface area contributed by atoms with Crippen molar-refractivity contribution in [1.29, 1.82) is 0 Å². The van der Waals surface area contributed by atoms with Gasteiger partial charge in [-0.25, -0.2) is 19.6 Å². The standard InChI is InChI=1S/C44H51ClN8O6/c1-22(2)35(50-43(56)58-5)41(54)52-17-7-8-34(52)39-46-21-33(48-39)30-15-11-25(20-31(30)45)24-10-14-29-26(18-24)12-16-32-37(29)49-40(47-32)38-27-9-13-28(19-27)53(38)42(55)36(23(3)4)51-44(57)59-6/h10-12,14-16,18,20-23,27-28,34-36,38H,7-9,13,17,19H2,1-6H3,(H,46,48)(H,47,49)(H,50,56)(H,51,57)/t27-,28+,34-,35-,36-,38-/m0/s1. The lowest BCUT2D eigenvalue weighted by Gasteiger charge is -2.37. The molecule has 0 radical (unpaired) electrons. The lowest BCUT2D eigenvalue weighted by molar-refractivity contribution is -0.139. The molecule has 1 saturated carbocycles. The van der Waals surface area contributed by atoms with Gasteiger partial charge in [0.25, 0.3) is 0 Å². The summed E-state index contributed by atoms with van der Waals surface area (Å²) in [5, 5.41) is 8.06. The molecule has 2 bridgehead atoms. The summed E-state index contributed by atoms with van der Waals surface area (Å²) >= 11 is 6.96. The molecule has 14 nitrogen and oxygen atoms in total. The average molecular weight is 823 g/mol. The minimum atomic E-state index is -0.713. The number of hydrogen-bond acceptors (Lipinski definition) is 8. The van der Waals surface area contributed by atoms with Gasteiger partial charge in [-0.1, -0.05) is 69.6 Å². The lowest BCUT2D eigenvalue weighted by atomic mass is 9.95. The van der Waals surface area contributed by atoms with Gasteiger partial charge in [-0.15, -0.1) is 0 Å². The number of benzene rings is 3. The number of alkyl carbamates (subject to hydrolysis) is 2. The van der Waals surface area contributed by atoms with Crippen LogP contribution in [0.3, 0.4) is 0 Å². The Kier molecular flexibility index (Phi) is 11.0. The molecule has 8 rings (SSSR count). The molecule has 3 aliphatic rings. The van der Waals surface area contributed by atoms with Crippen molar-refractivity contribution in [3.63, 3.8) is 0 Å². The molecule has 3 aromatic carbocycles. The number of fused-ring (bicyclic) bond motifs is 5. The van der Waals surface area contributed by atoms with E-state index in [2.05, 4.69) is 49.9 Å². The van der Waals surface area contributed by atoms with E-state index in [1.54, 1.807) is 11.1 Å². The van der Waals surface area contributed by atoms with E-state index in [-0.39, 0.29) is 47.7 Å². The van der Waals surface area contributed by atoms with Crippen LogP contribution in [0.4, 0.5) is 9.59 Å². The van der Waals surface area contributed by atoms with Gasteiger partial charge in [0.05, 0.1) is 54.3 Å². The number of halogens is 1. The first-order chi connectivity index (χ1) is 28.4. The van der Waals surface area contributed by atoms with E-state index in [1.807, 2.05) is 56.9 Å². The molecular formula is C44H51ClN8O6. The number of likely N-dealkylation sites (tertiary alicyclic amines) is 2. The molecule has 310 valence electrons. The minimum absolute atomic E-state index is 0.103. The lowest BCUT2D eigenvalue weighted by Crippen LogP contribution is -2.54. The number of carbonyl (C=O) groups is 4. The number of methoxy groups -OCH3 is 2. The largest absolute Gasteiger partial charge is 0.453 e. The predicted molar refractivity (Wildman–Crippen MR) is 224 cm³/mol. The smallest absolute Gasteiger partial charge is 0.407 e. The summed E-state index contributed by atoms with van der Waals surface area (Å²) in [7, 11) is 2.59. The molecule has 3 fully saturated rings. The van der Waals surface area contributed by atoms with Crippen LogP contribution in [-0.4, -0.2) is 92.6 Å². The fourth-order valence-corrected chi connectivity index (χ4v) is 9.70. The van der Waals surface area contributed by atoms with Crippen molar-refractivity contribution in [1.82, 2.24) is 40.4 Å². The average Bonchev–Trinajstić information content (AvgIpc) is 4.08. The number of aromatic nitrogens is 4. The molecule has 59 heavy (non-hydrogen) atoms. The van der Waals surface area contributed by atoms with Crippen LogP contribution in [0, 0.1) is 17.8 Å². The number of rotatable bonds is 10. The van der Waals surface area contributed by atoms with Gasteiger partial charge in [0.15, 0.2) is 0 Å². The third-order valence-corrected chi connectivity index (χ3v) is 12.7. The first-order valence-corrected chi connectivity index (χ1v) is 20.8. The van der Waals surface area contributed by atoms with Crippen molar-refractivity contribution in [2.24, 2.45) is 17.8 Å². The van der Waals surface area contributed by atoms with Gasteiger partial charge in [0.1, 0.15) is 23.7 Å². The maximum Gasteiger partial charge on any atom is 0.407 e. The maximum atomic E-state index is 14.1. The molecule has 2 saturated heterocycles. The fourth-order valence-electron chi connectivity index (χ4n) is 9.41. The Balaban J connectivity index is 1.02. The number of amides is 4. The summed E-state index contributed by atoms with van der Waals surface area (Å²) in [6.07, 6.45) is 4.94. The first-order valence-electron chi connectivity index (χ1n) is 20.5. The van der Waals surface area contributed by atoms with Crippen LogP contribution in [0.5, 0.6) is 0 Å². The number of aromatic amines is 2. The highest BCUT2D eigenvalue weighted by Gasteiger charge is 2.51. The number of nitrogens with one attached hydrogen (secondary N) is 4. The number of hydrogen-bond donors (Lipinski definition) is 4. The number of H-pyrrole nitrogens is 2. The van der Waals surface area contributed by atoms with Crippen LogP contribution < -0.4 is 10.6 Å². The van der Waals surface area contributed by atoms with E-state index in [0.29, 0.717) is 17.4 Å². The molecule has 5 aromatic rings. The molecule has 4 heterocycles. The van der Waals surface area contributed by atoms with Crippen molar-refractivity contribution in [2.45, 2.75) is 90.0 Å². The fraction of sp³-hybridized carbons (Fsp3) is 0.455. The van der Waals surface area contributed by atoms with Gasteiger partial charge in [-0.2, -0.15) is 0 Å². The van der Waals surface area contributed by atoms with Crippen molar-refractivity contribution in [3.05, 3.63) is 71.4 Å². The number of piperidine rings is 1.